The average Bonchev–Trinajstić information content (AvgIpc) is 2.13. The van der Waals surface area contributed by atoms with Crippen molar-refractivity contribution < 1.29 is 14.1 Å². The molecule has 0 saturated heterocycles. The van der Waals surface area contributed by atoms with Crippen LogP contribution in [0.1, 0.15) is 12.6 Å². The summed E-state index contributed by atoms with van der Waals surface area (Å²) in [4.78, 5) is 15.4. The van der Waals surface area contributed by atoms with Crippen LogP contribution in [0.15, 0.2) is 10.8 Å². The van der Waals surface area contributed by atoms with Crippen LogP contribution >= 0.6 is 15.9 Å². The minimum atomic E-state index is -0.313. The molecule has 0 amide bonds. The second kappa shape index (κ2) is 5.06. The zero-order valence-corrected chi connectivity index (χ0v) is 10.2. The Morgan fingerprint density at radius 3 is 3.00 bits per heavy atom. The number of anilines is 1. The minimum Gasteiger partial charge on any atom is -0.463 e. The van der Waals surface area contributed by atoms with Crippen molar-refractivity contribution in [3.05, 3.63) is 16.5 Å². The minimum absolute atomic E-state index is 0.0988. The lowest BCUT2D eigenvalue weighted by molar-refractivity contribution is -0.673. The Bertz CT molecular complexity index is 382. The van der Waals surface area contributed by atoms with Gasteiger partial charge in [-0.3, -0.25) is 5.73 Å². The zero-order valence-electron chi connectivity index (χ0n) is 8.66. The molecule has 1 aromatic rings. The third-order valence-corrected chi connectivity index (χ3v) is 2.20. The Morgan fingerprint density at radius 1 is 1.73 bits per heavy atom. The summed E-state index contributed by atoms with van der Waals surface area (Å²) in [5.74, 6) is 0.151. The molecule has 0 saturated carbocycles. The van der Waals surface area contributed by atoms with Gasteiger partial charge in [0.05, 0.1) is 6.61 Å². The van der Waals surface area contributed by atoms with E-state index in [1.165, 1.54) is 0 Å². The molecule has 2 N–H and O–H groups in total. The van der Waals surface area contributed by atoms with E-state index in [0.29, 0.717) is 22.7 Å². The van der Waals surface area contributed by atoms with Gasteiger partial charge in [-0.2, -0.15) is 0 Å². The highest BCUT2D eigenvalue weighted by atomic mass is 79.9. The molecule has 0 bridgehead atoms. The number of hydrogen-bond donors (Lipinski definition) is 1. The van der Waals surface area contributed by atoms with Gasteiger partial charge in [0, 0.05) is 0 Å². The Labute approximate surface area is 96.4 Å². The van der Waals surface area contributed by atoms with Gasteiger partial charge in [0.25, 0.3) is 5.82 Å². The van der Waals surface area contributed by atoms with Crippen LogP contribution < -0.4 is 10.3 Å². The van der Waals surface area contributed by atoms with Gasteiger partial charge in [-0.05, 0) is 29.8 Å². The number of nitrogen functional groups attached to an aromatic ring is 1. The monoisotopic (exact) mass is 274 g/mol. The van der Waals surface area contributed by atoms with Gasteiger partial charge in [0.2, 0.25) is 0 Å². The molecule has 0 aliphatic rings. The number of carbonyl (C=O) groups is 1. The van der Waals surface area contributed by atoms with Crippen molar-refractivity contribution in [2.24, 2.45) is 0 Å². The van der Waals surface area contributed by atoms with E-state index in [1.807, 2.05) is 0 Å². The fraction of sp³-hybridized carbons (Fsp3) is 0.444. The second-order valence-electron chi connectivity index (χ2n) is 2.97. The van der Waals surface area contributed by atoms with Crippen LogP contribution in [-0.2, 0) is 16.1 Å². The fourth-order valence-corrected chi connectivity index (χ4v) is 1.64. The molecule has 0 aliphatic heterocycles. The normalized spacial score (nSPS) is 10.1. The van der Waals surface area contributed by atoms with Gasteiger partial charge in [0.15, 0.2) is 6.54 Å². The molecule has 5 nitrogen and oxygen atoms in total. The zero-order chi connectivity index (χ0) is 11.4. The van der Waals surface area contributed by atoms with Crippen molar-refractivity contribution in [3.8, 4) is 0 Å². The maximum atomic E-state index is 11.3. The van der Waals surface area contributed by atoms with E-state index in [-0.39, 0.29) is 12.5 Å². The standard InChI is InChI=1S/C9H12BrN3O2/c1-3-15-8(14)5-13-4-7(10)12-6(2)9(13)11/h4,11H,3,5H2,1-2H3/p+1. The SMILES string of the molecule is CCOC(=O)C[n+]1cc(Br)nc(C)c1N. The Kier molecular flexibility index (Phi) is 4.02. The number of nitrogens with zero attached hydrogens (tertiary/aromatic N) is 2. The molecule has 0 aliphatic carbocycles. The molecule has 0 spiro atoms. The van der Waals surface area contributed by atoms with Crippen molar-refractivity contribution in [2.75, 3.05) is 12.3 Å². The predicted molar refractivity (Wildman–Crippen MR) is 57.9 cm³/mol. The van der Waals surface area contributed by atoms with Crippen molar-refractivity contribution in [1.29, 1.82) is 0 Å². The summed E-state index contributed by atoms with van der Waals surface area (Å²) in [6, 6.07) is 0. The van der Waals surface area contributed by atoms with Gasteiger partial charge >= 0.3 is 5.97 Å². The molecule has 1 aromatic heterocycles. The maximum absolute atomic E-state index is 11.3. The molecular weight excluding hydrogens is 262 g/mol. The quantitative estimate of drug-likeness (QED) is 0.647. The van der Waals surface area contributed by atoms with Crippen LogP contribution in [-0.4, -0.2) is 17.6 Å². The van der Waals surface area contributed by atoms with E-state index in [4.69, 9.17) is 10.5 Å². The highest BCUT2D eigenvalue weighted by Gasteiger charge is 2.15. The molecule has 15 heavy (non-hydrogen) atoms. The van der Waals surface area contributed by atoms with Crippen molar-refractivity contribution >= 4 is 27.7 Å². The van der Waals surface area contributed by atoms with E-state index in [2.05, 4.69) is 20.9 Å². The fourth-order valence-electron chi connectivity index (χ4n) is 1.13. The van der Waals surface area contributed by atoms with Gasteiger partial charge < -0.3 is 4.74 Å². The first-order valence-electron chi connectivity index (χ1n) is 4.52. The number of halogens is 1. The topological polar surface area (TPSA) is 69.1 Å². The summed E-state index contributed by atoms with van der Waals surface area (Å²) in [6.45, 7) is 4.01. The number of aryl methyl sites for hydroxylation is 1. The first kappa shape index (κ1) is 11.9. The van der Waals surface area contributed by atoms with E-state index in [0.717, 1.165) is 0 Å². The lowest BCUT2D eigenvalue weighted by Gasteiger charge is -2.05. The Morgan fingerprint density at radius 2 is 2.40 bits per heavy atom. The first-order valence-corrected chi connectivity index (χ1v) is 5.31. The molecule has 1 rings (SSSR count). The van der Waals surface area contributed by atoms with E-state index in [9.17, 15) is 4.79 Å². The highest BCUT2D eigenvalue weighted by molar-refractivity contribution is 9.10. The predicted octanol–water partition coefficient (Wildman–Crippen LogP) is 0.585. The maximum Gasteiger partial charge on any atom is 0.348 e. The van der Waals surface area contributed by atoms with Crippen molar-refractivity contribution in [3.63, 3.8) is 0 Å². The largest absolute Gasteiger partial charge is 0.463 e. The van der Waals surface area contributed by atoms with Crippen LogP contribution in [0.3, 0.4) is 0 Å². The first-order chi connectivity index (χ1) is 7.04. The van der Waals surface area contributed by atoms with Crippen molar-refractivity contribution in [1.82, 2.24) is 4.98 Å². The number of hydrogen-bond acceptors (Lipinski definition) is 4. The van der Waals surface area contributed by atoms with Gasteiger partial charge in [-0.25, -0.2) is 14.3 Å². The summed E-state index contributed by atoms with van der Waals surface area (Å²) >= 11 is 3.24. The molecule has 0 atom stereocenters. The van der Waals surface area contributed by atoms with Crippen LogP contribution in [0.5, 0.6) is 0 Å². The van der Waals surface area contributed by atoms with E-state index >= 15 is 0 Å². The number of rotatable bonds is 3. The Hall–Kier alpha value is -1.17. The molecular formula is C9H13BrN3O2+. The van der Waals surface area contributed by atoms with Crippen molar-refractivity contribution in [2.45, 2.75) is 20.4 Å². The summed E-state index contributed by atoms with van der Waals surface area (Å²) in [5.41, 5.74) is 6.44. The summed E-state index contributed by atoms with van der Waals surface area (Å²) in [7, 11) is 0. The summed E-state index contributed by atoms with van der Waals surface area (Å²) in [6.07, 6.45) is 1.65. The highest BCUT2D eigenvalue weighted by Crippen LogP contribution is 2.07. The third-order valence-electron chi connectivity index (χ3n) is 1.82. The molecule has 0 fully saturated rings. The van der Waals surface area contributed by atoms with Gasteiger partial charge in [-0.1, -0.05) is 0 Å². The smallest absolute Gasteiger partial charge is 0.348 e. The number of carbonyl (C=O) groups excluding carboxylic acids is 1. The number of nitrogens with two attached hydrogens (primary N) is 1. The number of ether oxygens (including phenoxy) is 1. The number of aromatic nitrogens is 2. The number of esters is 1. The molecule has 0 unspecified atom stereocenters. The van der Waals surface area contributed by atoms with Crippen LogP contribution in [0.4, 0.5) is 5.82 Å². The van der Waals surface area contributed by atoms with Crippen LogP contribution in [0.25, 0.3) is 0 Å². The molecule has 0 radical (unpaired) electrons. The van der Waals surface area contributed by atoms with Gasteiger partial charge in [0.1, 0.15) is 16.5 Å². The molecule has 0 aromatic carbocycles. The van der Waals surface area contributed by atoms with Gasteiger partial charge in [-0.15, -0.1) is 0 Å². The van der Waals surface area contributed by atoms with E-state index in [1.54, 1.807) is 24.6 Å². The Balaban J connectivity index is 2.89. The summed E-state index contributed by atoms with van der Waals surface area (Å²) in [5, 5.41) is 0. The second-order valence-corrected chi connectivity index (χ2v) is 3.78. The van der Waals surface area contributed by atoms with Crippen LogP contribution in [0, 0.1) is 6.92 Å². The molecule has 1 heterocycles. The lowest BCUT2D eigenvalue weighted by atomic mass is 10.4. The van der Waals surface area contributed by atoms with Crippen LogP contribution in [0.2, 0.25) is 0 Å². The molecule has 82 valence electrons. The average molecular weight is 275 g/mol. The lowest BCUT2D eigenvalue weighted by Crippen LogP contribution is -2.42. The molecule has 6 heteroatoms. The third kappa shape index (κ3) is 3.16. The summed E-state index contributed by atoms with van der Waals surface area (Å²) < 4.78 is 7.07. The van der Waals surface area contributed by atoms with E-state index < -0.39 is 0 Å².